The lowest BCUT2D eigenvalue weighted by Crippen LogP contribution is -2.19. The van der Waals surface area contributed by atoms with Crippen molar-refractivity contribution in [3.05, 3.63) is 95.6 Å². The van der Waals surface area contributed by atoms with Crippen LogP contribution in [0, 0.1) is 11.2 Å². The Morgan fingerprint density at radius 1 is 0.946 bits per heavy atom. The number of carbonyl (C=O) groups is 2. The molecule has 4 rings (SSSR count). The lowest BCUT2D eigenvalue weighted by Gasteiger charge is -2.18. The van der Waals surface area contributed by atoms with Crippen molar-refractivity contribution in [2.75, 3.05) is 10.6 Å². The zero-order valence-electron chi connectivity index (χ0n) is 20.8. The molecule has 4 aromatic rings. The van der Waals surface area contributed by atoms with E-state index in [1.165, 1.54) is 35.2 Å². The number of nitrogens with one attached hydrogen (secondary N) is 2. The van der Waals surface area contributed by atoms with Crippen molar-refractivity contribution in [2.45, 2.75) is 37.3 Å². The molecule has 0 saturated heterocycles. The van der Waals surface area contributed by atoms with Crippen LogP contribution >= 0.6 is 23.1 Å². The summed E-state index contributed by atoms with van der Waals surface area (Å²) in [6, 6.07) is 23.1. The number of thiazole rings is 1. The van der Waals surface area contributed by atoms with E-state index < -0.39 is 5.25 Å². The van der Waals surface area contributed by atoms with E-state index >= 15 is 0 Å². The fourth-order valence-corrected chi connectivity index (χ4v) is 5.34. The van der Waals surface area contributed by atoms with Crippen LogP contribution in [0.2, 0.25) is 0 Å². The molecule has 0 fully saturated rings. The average molecular weight is 534 g/mol. The summed E-state index contributed by atoms with van der Waals surface area (Å²) < 4.78 is 13.2. The Bertz CT molecular complexity index is 1350. The average Bonchev–Trinajstić information content (AvgIpc) is 3.31. The van der Waals surface area contributed by atoms with E-state index in [9.17, 15) is 14.0 Å². The Morgan fingerprint density at radius 3 is 2.27 bits per heavy atom. The lowest BCUT2D eigenvalue weighted by atomic mass is 9.92. The maximum absolute atomic E-state index is 13.4. The number of carbonyl (C=O) groups excluding carboxylic acids is 2. The number of aromatic nitrogens is 1. The minimum absolute atomic E-state index is 0.0297. The van der Waals surface area contributed by atoms with Crippen LogP contribution in [0.5, 0.6) is 0 Å². The second kappa shape index (κ2) is 11.7. The number of thioether (sulfide) groups is 1. The van der Waals surface area contributed by atoms with Gasteiger partial charge in [0.05, 0.1) is 5.69 Å². The van der Waals surface area contributed by atoms with Gasteiger partial charge in [-0.15, -0.1) is 23.1 Å². The van der Waals surface area contributed by atoms with Crippen LogP contribution in [0.25, 0.3) is 11.3 Å². The molecule has 2 amide bonds. The topological polar surface area (TPSA) is 71.1 Å². The van der Waals surface area contributed by atoms with Crippen molar-refractivity contribution in [1.82, 2.24) is 4.98 Å². The zero-order valence-corrected chi connectivity index (χ0v) is 22.5. The summed E-state index contributed by atoms with van der Waals surface area (Å²) in [6.45, 7) is 6.07. The summed E-state index contributed by atoms with van der Waals surface area (Å²) in [4.78, 5) is 31.0. The number of rotatable bonds is 8. The third kappa shape index (κ3) is 7.74. The van der Waals surface area contributed by atoms with Gasteiger partial charge in [-0.3, -0.25) is 9.59 Å². The largest absolute Gasteiger partial charge is 0.326 e. The molecule has 1 heterocycles. The third-order valence-corrected chi connectivity index (χ3v) is 7.32. The number of benzene rings is 3. The van der Waals surface area contributed by atoms with Gasteiger partial charge in [-0.05, 0) is 59.5 Å². The van der Waals surface area contributed by atoms with Gasteiger partial charge in [0.1, 0.15) is 11.1 Å². The molecular formula is C29H28FN3O2S2. The van der Waals surface area contributed by atoms with Gasteiger partial charge < -0.3 is 10.6 Å². The molecule has 0 aliphatic rings. The van der Waals surface area contributed by atoms with E-state index in [4.69, 9.17) is 0 Å². The normalized spacial score (nSPS) is 12.1. The van der Waals surface area contributed by atoms with E-state index in [2.05, 4.69) is 15.6 Å². The van der Waals surface area contributed by atoms with E-state index in [0.717, 1.165) is 21.7 Å². The molecule has 37 heavy (non-hydrogen) atoms. The van der Waals surface area contributed by atoms with Crippen molar-refractivity contribution >= 4 is 45.7 Å². The highest BCUT2D eigenvalue weighted by atomic mass is 32.2. The van der Waals surface area contributed by atoms with Crippen molar-refractivity contribution in [3.63, 3.8) is 0 Å². The molecule has 2 N–H and O–H groups in total. The Balaban J connectivity index is 1.47. The first-order valence-corrected chi connectivity index (χ1v) is 13.6. The van der Waals surface area contributed by atoms with Crippen molar-refractivity contribution in [1.29, 1.82) is 0 Å². The molecule has 0 aliphatic heterocycles. The molecule has 5 nitrogen and oxygen atoms in total. The standard InChI is InChI=1S/C29H28FN3O2S2/c1-29(2,3)17-25(34)31-22-13-15-23(16-14-22)37-26(20-7-5-4-6-8-20)27(35)33-28-32-24(18-36-28)19-9-11-21(30)12-10-19/h4-16,18,26H,17H2,1-3H3,(H,31,34)(H,32,33,35). The third-order valence-electron chi connectivity index (χ3n) is 5.30. The summed E-state index contributed by atoms with van der Waals surface area (Å²) in [7, 11) is 0. The summed E-state index contributed by atoms with van der Waals surface area (Å²) in [5.41, 5.74) is 2.95. The van der Waals surface area contributed by atoms with Crippen LogP contribution in [0.4, 0.5) is 15.2 Å². The first kappa shape index (κ1) is 26.6. The maximum Gasteiger partial charge on any atom is 0.244 e. The second-order valence-electron chi connectivity index (χ2n) is 9.75. The summed E-state index contributed by atoms with van der Waals surface area (Å²) >= 11 is 2.74. The van der Waals surface area contributed by atoms with Crippen LogP contribution in [-0.2, 0) is 9.59 Å². The molecular weight excluding hydrogens is 505 g/mol. The molecule has 3 aromatic carbocycles. The minimum Gasteiger partial charge on any atom is -0.326 e. The number of hydrogen-bond acceptors (Lipinski definition) is 5. The molecule has 190 valence electrons. The zero-order chi connectivity index (χ0) is 26.4. The fraction of sp³-hybridized carbons (Fsp3) is 0.207. The molecule has 0 spiro atoms. The molecule has 0 aliphatic carbocycles. The summed E-state index contributed by atoms with van der Waals surface area (Å²) in [5, 5.41) is 7.66. The van der Waals surface area contributed by atoms with E-state index in [0.29, 0.717) is 17.2 Å². The van der Waals surface area contributed by atoms with Crippen molar-refractivity contribution < 1.29 is 14.0 Å². The minimum atomic E-state index is -0.513. The Morgan fingerprint density at radius 2 is 1.62 bits per heavy atom. The highest BCUT2D eigenvalue weighted by Gasteiger charge is 2.23. The van der Waals surface area contributed by atoms with Gasteiger partial charge in [-0.2, -0.15) is 0 Å². The van der Waals surface area contributed by atoms with Crippen LogP contribution in [0.15, 0.2) is 89.1 Å². The van der Waals surface area contributed by atoms with Crippen LogP contribution in [0.1, 0.15) is 38.0 Å². The summed E-state index contributed by atoms with van der Waals surface area (Å²) in [5.74, 6) is -0.535. The fourth-order valence-electron chi connectivity index (χ4n) is 3.60. The summed E-state index contributed by atoms with van der Waals surface area (Å²) in [6.07, 6.45) is 0.430. The number of hydrogen-bond donors (Lipinski definition) is 2. The van der Waals surface area contributed by atoms with Gasteiger partial charge >= 0.3 is 0 Å². The molecule has 0 bridgehead atoms. The molecule has 1 atom stereocenters. The Labute approximate surface area is 224 Å². The van der Waals surface area contributed by atoms with Crippen LogP contribution in [0.3, 0.4) is 0 Å². The van der Waals surface area contributed by atoms with Gasteiger partial charge in [0, 0.05) is 27.9 Å². The molecule has 0 radical (unpaired) electrons. The van der Waals surface area contributed by atoms with E-state index in [1.54, 1.807) is 12.1 Å². The highest BCUT2D eigenvalue weighted by Crippen LogP contribution is 2.37. The van der Waals surface area contributed by atoms with Gasteiger partial charge in [-0.25, -0.2) is 9.37 Å². The van der Waals surface area contributed by atoms with Gasteiger partial charge in [0.2, 0.25) is 11.8 Å². The Hall–Kier alpha value is -3.49. The van der Waals surface area contributed by atoms with E-state index in [1.807, 2.05) is 80.7 Å². The maximum atomic E-state index is 13.4. The number of nitrogens with zero attached hydrogens (tertiary/aromatic N) is 1. The number of halogens is 1. The van der Waals surface area contributed by atoms with Gasteiger partial charge in [0.15, 0.2) is 5.13 Å². The SMILES string of the molecule is CC(C)(C)CC(=O)Nc1ccc(SC(C(=O)Nc2nc(-c3ccc(F)cc3)cs2)c2ccccc2)cc1. The molecule has 0 saturated carbocycles. The highest BCUT2D eigenvalue weighted by molar-refractivity contribution is 8.00. The predicted molar refractivity (Wildman–Crippen MR) is 150 cm³/mol. The second-order valence-corrected chi connectivity index (χ2v) is 11.8. The smallest absolute Gasteiger partial charge is 0.244 e. The lowest BCUT2D eigenvalue weighted by molar-refractivity contribution is -0.118. The number of anilines is 2. The predicted octanol–water partition coefficient (Wildman–Crippen LogP) is 7.80. The van der Waals surface area contributed by atoms with Gasteiger partial charge in [0.25, 0.3) is 0 Å². The van der Waals surface area contributed by atoms with Crippen molar-refractivity contribution in [2.24, 2.45) is 5.41 Å². The number of amides is 2. The van der Waals surface area contributed by atoms with Crippen LogP contribution < -0.4 is 10.6 Å². The first-order valence-electron chi connectivity index (χ1n) is 11.8. The molecule has 8 heteroatoms. The monoisotopic (exact) mass is 533 g/mol. The van der Waals surface area contributed by atoms with Crippen LogP contribution in [-0.4, -0.2) is 16.8 Å². The first-order chi connectivity index (χ1) is 17.7. The quantitative estimate of drug-likeness (QED) is 0.227. The molecule has 1 aromatic heterocycles. The van der Waals surface area contributed by atoms with Gasteiger partial charge in [-0.1, -0.05) is 51.1 Å². The molecule has 1 unspecified atom stereocenters. The van der Waals surface area contributed by atoms with E-state index in [-0.39, 0.29) is 23.0 Å². The Kier molecular flexibility index (Phi) is 8.41. The van der Waals surface area contributed by atoms with Crippen molar-refractivity contribution in [3.8, 4) is 11.3 Å².